The van der Waals surface area contributed by atoms with Crippen molar-refractivity contribution in [2.24, 2.45) is 13.0 Å². The molecule has 0 bridgehead atoms. The molecule has 5 aliphatic rings. The molecule has 12 nitrogen and oxygen atoms in total. The van der Waals surface area contributed by atoms with E-state index in [9.17, 15) is 14.4 Å². The first-order chi connectivity index (χ1) is 27.8. The average molecular weight is 767 g/mol. The maximum atomic E-state index is 13.1. The van der Waals surface area contributed by atoms with Gasteiger partial charge in [-0.05, 0) is 105 Å². The van der Waals surface area contributed by atoms with Gasteiger partial charge in [-0.15, -0.1) is 0 Å². The highest BCUT2D eigenvalue weighted by molar-refractivity contribution is 6.08. The number of piperidine rings is 3. The molecule has 57 heavy (non-hydrogen) atoms. The number of amides is 3. The van der Waals surface area contributed by atoms with Gasteiger partial charge in [-0.3, -0.25) is 24.7 Å². The van der Waals surface area contributed by atoms with Gasteiger partial charge < -0.3 is 28.9 Å². The number of anilines is 2. The van der Waals surface area contributed by atoms with E-state index in [0.717, 1.165) is 92.8 Å². The van der Waals surface area contributed by atoms with Gasteiger partial charge in [0.2, 0.25) is 11.8 Å². The molecule has 0 radical (unpaired) electrons. The van der Waals surface area contributed by atoms with Gasteiger partial charge in [-0.25, -0.2) is 4.98 Å². The van der Waals surface area contributed by atoms with Crippen LogP contribution in [0.2, 0.25) is 0 Å². The molecule has 2 aromatic carbocycles. The number of carbonyl (C=O) groups is 3. The number of ether oxygens (including phenoxy) is 1. The van der Waals surface area contributed by atoms with Crippen LogP contribution in [0, 0.1) is 5.92 Å². The Hall–Kier alpha value is -5.33. The van der Waals surface area contributed by atoms with E-state index in [4.69, 9.17) is 9.72 Å². The number of aromatic nitrogens is 3. The van der Waals surface area contributed by atoms with Crippen LogP contribution in [-0.2, 0) is 27.9 Å². The number of carbonyl (C=O) groups excluding carboxylic acids is 3. The standard InChI is InChI=1S/C45H50N8O4/c1-49-39-10-16-46-25-38(39)37-5-2-30(23-41(37)49)31-3-8-42(47-24-31)52-27-35(28-52)57-34-14-18-50(19-15-34)17-11-29-12-20-51(21-13-29)33-4-6-36-32(22-33)26-53(45(36)56)40-7-9-43(54)48-44(40)55/h2-6,8,10,16,22-25,29,34-35,40H,7,9,11-15,17-21,26-28H2,1H3,(H,48,54,55). The second kappa shape index (κ2) is 14.9. The highest BCUT2D eigenvalue weighted by Crippen LogP contribution is 2.34. The highest BCUT2D eigenvalue weighted by atomic mass is 16.5. The molecule has 294 valence electrons. The third kappa shape index (κ3) is 6.92. The molecular weight excluding hydrogens is 717 g/mol. The summed E-state index contributed by atoms with van der Waals surface area (Å²) < 4.78 is 8.80. The van der Waals surface area contributed by atoms with Gasteiger partial charge in [-0.2, -0.15) is 0 Å². The van der Waals surface area contributed by atoms with Crippen molar-refractivity contribution in [3.63, 3.8) is 0 Å². The number of hydrogen-bond donors (Lipinski definition) is 1. The lowest BCUT2D eigenvalue weighted by Gasteiger charge is -2.43. The summed E-state index contributed by atoms with van der Waals surface area (Å²) in [6.45, 7) is 7.60. The molecule has 12 heteroatoms. The number of imide groups is 1. The molecular formula is C45H50N8O4. The van der Waals surface area contributed by atoms with Crippen molar-refractivity contribution in [1.29, 1.82) is 0 Å². The Labute approximate surface area is 332 Å². The average Bonchev–Trinajstić information content (AvgIpc) is 3.71. The van der Waals surface area contributed by atoms with Crippen LogP contribution in [-0.4, -0.2) is 106 Å². The zero-order valence-corrected chi connectivity index (χ0v) is 32.6. The van der Waals surface area contributed by atoms with Gasteiger partial charge in [0, 0.05) is 111 Å². The number of benzene rings is 2. The molecule has 0 saturated carbocycles. The monoisotopic (exact) mass is 766 g/mol. The second-order valence-electron chi connectivity index (χ2n) is 16.8. The normalized spacial score (nSPS) is 21.5. The summed E-state index contributed by atoms with van der Waals surface area (Å²) in [5.74, 6) is 0.994. The number of hydrogen-bond acceptors (Lipinski definition) is 9. The van der Waals surface area contributed by atoms with E-state index < -0.39 is 6.04 Å². The van der Waals surface area contributed by atoms with Crippen LogP contribution in [0.5, 0.6) is 0 Å². The number of fused-ring (bicyclic) bond motifs is 4. The van der Waals surface area contributed by atoms with Crippen LogP contribution in [0.3, 0.4) is 0 Å². The number of likely N-dealkylation sites (tertiary alicyclic amines) is 1. The lowest BCUT2D eigenvalue weighted by molar-refractivity contribution is -0.136. The number of rotatable bonds is 9. The zero-order chi connectivity index (χ0) is 38.6. The first-order valence-corrected chi connectivity index (χ1v) is 20.8. The molecule has 5 aliphatic heterocycles. The molecule has 3 aromatic heterocycles. The highest BCUT2D eigenvalue weighted by Gasteiger charge is 2.39. The summed E-state index contributed by atoms with van der Waals surface area (Å²) in [5, 5.41) is 4.79. The second-order valence-corrected chi connectivity index (χ2v) is 16.8. The van der Waals surface area contributed by atoms with Crippen LogP contribution in [0.4, 0.5) is 11.5 Å². The van der Waals surface area contributed by atoms with Gasteiger partial charge in [0.15, 0.2) is 0 Å². The van der Waals surface area contributed by atoms with Crippen molar-refractivity contribution < 1.29 is 19.1 Å². The third-order valence-corrected chi connectivity index (χ3v) is 13.3. The molecule has 4 saturated heterocycles. The number of nitrogens with one attached hydrogen (secondary N) is 1. The van der Waals surface area contributed by atoms with Crippen molar-refractivity contribution in [2.75, 3.05) is 55.6 Å². The lowest BCUT2D eigenvalue weighted by Crippen LogP contribution is -2.54. The summed E-state index contributed by atoms with van der Waals surface area (Å²) >= 11 is 0. The first-order valence-electron chi connectivity index (χ1n) is 20.8. The number of aryl methyl sites for hydroxylation is 1. The molecule has 1 unspecified atom stereocenters. The zero-order valence-electron chi connectivity index (χ0n) is 32.6. The summed E-state index contributed by atoms with van der Waals surface area (Å²) in [7, 11) is 2.11. The van der Waals surface area contributed by atoms with Gasteiger partial charge in [0.05, 0.1) is 17.7 Å². The molecule has 1 N–H and O–H groups in total. The number of nitrogens with zero attached hydrogens (tertiary/aromatic N) is 7. The fraction of sp³-hybridized carbons (Fsp3) is 0.444. The number of pyridine rings is 2. The fourth-order valence-corrected chi connectivity index (χ4v) is 9.83. The van der Waals surface area contributed by atoms with Crippen molar-refractivity contribution in [3.05, 3.63) is 84.3 Å². The fourth-order valence-electron chi connectivity index (χ4n) is 9.83. The van der Waals surface area contributed by atoms with Gasteiger partial charge in [-0.1, -0.05) is 12.1 Å². The summed E-state index contributed by atoms with van der Waals surface area (Å²) in [5.41, 5.74) is 7.46. The van der Waals surface area contributed by atoms with Crippen LogP contribution in [0.1, 0.15) is 60.9 Å². The summed E-state index contributed by atoms with van der Waals surface area (Å²) in [4.78, 5) is 55.4. The maximum absolute atomic E-state index is 13.1. The minimum absolute atomic E-state index is 0.115. The largest absolute Gasteiger partial charge is 0.372 e. The molecule has 5 aromatic rings. The molecule has 0 spiro atoms. The van der Waals surface area contributed by atoms with Gasteiger partial charge in [0.25, 0.3) is 5.91 Å². The Bertz CT molecular complexity index is 2340. The van der Waals surface area contributed by atoms with Gasteiger partial charge in [0.1, 0.15) is 11.9 Å². The van der Waals surface area contributed by atoms with E-state index in [-0.39, 0.29) is 30.2 Å². The van der Waals surface area contributed by atoms with Crippen molar-refractivity contribution in [1.82, 2.24) is 29.7 Å². The molecule has 4 fully saturated rings. The topological polar surface area (TPSA) is 116 Å². The van der Waals surface area contributed by atoms with Gasteiger partial charge >= 0.3 is 0 Å². The SMILES string of the molecule is Cn1c2ccncc2c2ccc(-c3ccc(N4CC(OC5CCN(CCC6CCN(c7ccc8c(c7)CN(C7CCC(=O)NC7=O)C8=O)CC6)CC5)C4)nc3)cc21. The summed E-state index contributed by atoms with van der Waals surface area (Å²) in [6.07, 6.45) is 12.8. The Morgan fingerprint density at radius 2 is 1.61 bits per heavy atom. The smallest absolute Gasteiger partial charge is 0.255 e. The molecule has 8 heterocycles. The van der Waals surface area contributed by atoms with E-state index in [1.165, 1.54) is 41.1 Å². The van der Waals surface area contributed by atoms with E-state index >= 15 is 0 Å². The van der Waals surface area contributed by atoms with Crippen LogP contribution in [0.25, 0.3) is 32.9 Å². The maximum Gasteiger partial charge on any atom is 0.255 e. The van der Waals surface area contributed by atoms with E-state index in [2.05, 4.69) is 85.1 Å². The van der Waals surface area contributed by atoms with Crippen LogP contribution >= 0.6 is 0 Å². The lowest BCUT2D eigenvalue weighted by atomic mass is 9.92. The Balaban J connectivity index is 0.639. The Morgan fingerprint density at radius 1 is 0.789 bits per heavy atom. The molecule has 1 atom stereocenters. The van der Waals surface area contributed by atoms with E-state index in [1.54, 1.807) is 4.90 Å². The molecule has 0 aliphatic carbocycles. The molecule has 10 rings (SSSR count). The third-order valence-electron chi connectivity index (χ3n) is 13.3. The first kappa shape index (κ1) is 36.0. The Kier molecular flexibility index (Phi) is 9.41. The predicted molar refractivity (Wildman–Crippen MR) is 220 cm³/mol. The Morgan fingerprint density at radius 3 is 2.40 bits per heavy atom. The minimum Gasteiger partial charge on any atom is -0.372 e. The van der Waals surface area contributed by atoms with Crippen LogP contribution in [0.15, 0.2) is 73.2 Å². The molecule has 3 amide bonds. The summed E-state index contributed by atoms with van der Waals surface area (Å²) in [6, 6.07) is 18.5. The minimum atomic E-state index is -0.578. The van der Waals surface area contributed by atoms with Crippen molar-refractivity contribution in [2.45, 2.75) is 69.7 Å². The van der Waals surface area contributed by atoms with Crippen molar-refractivity contribution in [3.8, 4) is 11.1 Å². The van der Waals surface area contributed by atoms with E-state index in [0.29, 0.717) is 24.6 Å². The predicted octanol–water partition coefficient (Wildman–Crippen LogP) is 5.53. The quantitative estimate of drug-likeness (QED) is 0.194. The van der Waals surface area contributed by atoms with Crippen molar-refractivity contribution >= 4 is 51.0 Å². The van der Waals surface area contributed by atoms with Crippen LogP contribution < -0.4 is 15.1 Å². The van der Waals surface area contributed by atoms with E-state index in [1.807, 2.05) is 24.7 Å².